The summed E-state index contributed by atoms with van der Waals surface area (Å²) in [5.74, 6) is 0.633. The summed E-state index contributed by atoms with van der Waals surface area (Å²) in [5.41, 5.74) is 1.09. The number of carbonyl (C=O) groups is 1. The van der Waals surface area contributed by atoms with Gasteiger partial charge in [-0.25, -0.2) is 9.97 Å². The van der Waals surface area contributed by atoms with Crippen LogP contribution in [-0.2, 0) is 16.1 Å². The lowest BCUT2D eigenvalue weighted by Crippen LogP contribution is -2.46. The van der Waals surface area contributed by atoms with Crippen LogP contribution in [0, 0.1) is 5.92 Å². The van der Waals surface area contributed by atoms with Crippen molar-refractivity contribution in [1.29, 1.82) is 0 Å². The minimum Gasteiger partial charge on any atom is -0.374 e. The first-order valence-corrected chi connectivity index (χ1v) is 8.60. The van der Waals surface area contributed by atoms with Crippen molar-refractivity contribution in [1.82, 2.24) is 19.8 Å². The second kappa shape index (κ2) is 6.17. The van der Waals surface area contributed by atoms with Gasteiger partial charge in [-0.15, -0.1) is 0 Å². The smallest absolute Gasteiger partial charge is 0.226 e. The molecule has 0 unspecified atom stereocenters. The SMILES string of the molecule is CN(Cc1cncnc1)[C@@H]1CN(C(=O)C2CC2)[C@H]2CCCO[C@@H]12. The molecule has 4 rings (SSSR count). The molecule has 0 N–H and O–H groups in total. The molecule has 3 fully saturated rings. The molecule has 3 aliphatic rings. The molecule has 23 heavy (non-hydrogen) atoms. The first-order valence-electron chi connectivity index (χ1n) is 8.60. The van der Waals surface area contributed by atoms with E-state index >= 15 is 0 Å². The summed E-state index contributed by atoms with van der Waals surface area (Å²) in [5, 5.41) is 0. The minimum atomic E-state index is 0.140. The fourth-order valence-corrected chi connectivity index (χ4v) is 3.95. The van der Waals surface area contributed by atoms with Crippen molar-refractivity contribution in [2.45, 2.75) is 50.4 Å². The van der Waals surface area contributed by atoms with Crippen molar-refractivity contribution in [2.75, 3.05) is 20.2 Å². The van der Waals surface area contributed by atoms with Crippen molar-refractivity contribution in [3.63, 3.8) is 0 Å². The molecule has 1 aromatic rings. The van der Waals surface area contributed by atoms with Gasteiger partial charge in [-0.05, 0) is 32.7 Å². The highest BCUT2D eigenvalue weighted by atomic mass is 16.5. The summed E-state index contributed by atoms with van der Waals surface area (Å²) in [6.45, 7) is 2.38. The van der Waals surface area contributed by atoms with Crippen LogP contribution in [0.25, 0.3) is 0 Å². The summed E-state index contributed by atoms with van der Waals surface area (Å²) < 4.78 is 6.09. The Hall–Kier alpha value is -1.53. The van der Waals surface area contributed by atoms with Gasteiger partial charge < -0.3 is 9.64 Å². The van der Waals surface area contributed by atoms with Crippen LogP contribution in [0.3, 0.4) is 0 Å². The van der Waals surface area contributed by atoms with Crippen LogP contribution in [0.2, 0.25) is 0 Å². The summed E-state index contributed by atoms with van der Waals surface area (Å²) in [7, 11) is 2.11. The Morgan fingerprint density at radius 1 is 1.35 bits per heavy atom. The molecule has 3 atom stereocenters. The maximum Gasteiger partial charge on any atom is 0.226 e. The molecule has 124 valence electrons. The number of rotatable bonds is 4. The monoisotopic (exact) mass is 316 g/mol. The van der Waals surface area contributed by atoms with E-state index in [9.17, 15) is 4.79 Å². The van der Waals surface area contributed by atoms with Crippen LogP contribution in [0.15, 0.2) is 18.7 Å². The molecule has 0 radical (unpaired) electrons. The number of likely N-dealkylation sites (tertiary alicyclic amines) is 1. The Morgan fingerprint density at radius 2 is 2.13 bits per heavy atom. The number of ether oxygens (including phenoxy) is 1. The maximum atomic E-state index is 12.6. The molecule has 1 aliphatic carbocycles. The number of carbonyl (C=O) groups excluding carboxylic acids is 1. The maximum absolute atomic E-state index is 12.6. The van der Waals surface area contributed by atoms with Crippen LogP contribution < -0.4 is 0 Å². The Kier molecular flexibility index (Phi) is 4.03. The standard InChI is InChI=1S/C17H24N4O2/c1-20(9-12-7-18-11-19-8-12)15-10-21(17(22)13-4-5-13)14-3-2-6-23-16(14)15/h7-8,11,13-16H,2-6,9-10H2,1H3/t14-,15+,16+/m0/s1. The Morgan fingerprint density at radius 3 is 2.87 bits per heavy atom. The third-order valence-electron chi connectivity index (χ3n) is 5.32. The predicted molar refractivity (Wildman–Crippen MR) is 84.5 cm³/mol. The zero-order valence-corrected chi connectivity index (χ0v) is 13.6. The summed E-state index contributed by atoms with van der Waals surface area (Å²) in [6, 6.07) is 0.513. The molecule has 2 saturated heterocycles. The van der Waals surface area contributed by atoms with Crippen molar-refractivity contribution >= 4 is 5.91 Å². The van der Waals surface area contributed by atoms with Gasteiger partial charge >= 0.3 is 0 Å². The first-order chi connectivity index (χ1) is 11.2. The molecule has 1 aromatic heterocycles. The van der Waals surface area contributed by atoms with Gasteiger partial charge in [0.05, 0.1) is 18.2 Å². The van der Waals surface area contributed by atoms with Crippen molar-refractivity contribution in [3.8, 4) is 0 Å². The lowest BCUT2D eigenvalue weighted by atomic mass is 10.00. The molecule has 0 aromatic carbocycles. The van der Waals surface area contributed by atoms with Gasteiger partial charge in [0.2, 0.25) is 5.91 Å². The van der Waals surface area contributed by atoms with E-state index in [0.717, 1.165) is 50.9 Å². The number of likely N-dealkylation sites (N-methyl/N-ethyl adjacent to an activating group) is 1. The molecule has 6 heteroatoms. The van der Waals surface area contributed by atoms with Crippen LogP contribution in [0.1, 0.15) is 31.2 Å². The Bertz CT molecular complexity index is 563. The number of hydrogen-bond acceptors (Lipinski definition) is 5. The van der Waals surface area contributed by atoms with Gasteiger partial charge in [0.25, 0.3) is 0 Å². The van der Waals surface area contributed by atoms with Crippen LogP contribution in [0.5, 0.6) is 0 Å². The van der Waals surface area contributed by atoms with Gasteiger partial charge in [-0.2, -0.15) is 0 Å². The van der Waals surface area contributed by atoms with Gasteiger partial charge in [0.15, 0.2) is 0 Å². The highest BCUT2D eigenvalue weighted by molar-refractivity contribution is 5.81. The van der Waals surface area contributed by atoms with Gasteiger partial charge in [0.1, 0.15) is 6.33 Å². The van der Waals surface area contributed by atoms with Crippen LogP contribution in [-0.4, -0.2) is 64.1 Å². The number of amides is 1. The topological polar surface area (TPSA) is 58.6 Å². The zero-order chi connectivity index (χ0) is 15.8. The molecule has 1 amide bonds. The average Bonchev–Trinajstić information content (AvgIpc) is 3.35. The van der Waals surface area contributed by atoms with E-state index < -0.39 is 0 Å². The summed E-state index contributed by atoms with van der Waals surface area (Å²) >= 11 is 0. The van der Waals surface area contributed by atoms with Crippen molar-refractivity contribution in [2.24, 2.45) is 5.92 Å². The minimum absolute atomic E-state index is 0.140. The average molecular weight is 316 g/mol. The molecule has 0 spiro atoms. The van der Waals surface area contributed by atoms with Crippen LogP contribution >= 0.6 is 0 Å². The van der Waals surface area contributed by atoms with E-state index in [1.165, 1.54) is 0 Å². The normalized spacial score (nSPS) is 30.5. The number of hydrogen-bond donors (Lipinski definition) is 0. The number of fused-ring (bicyclic) bond motifs is 1. The second-order valence-electron chi connectivity index (χ2n) is 7.04. The molecule has 1 saturated carbocycles. The highest BCUT2D eigenvalue weighted by Gasteiger charge is 2.49. The fraction of sp³-hybridized carbons (Fsp3) is 0.706. The third kappa shape index (κ3) is 2.97. The van der Waals surface area contributed by atoms with Gasteiger partial charge in [-0.1, -0.05) is 0 Å². The summed E-state index contributed by atoms with van der Waals surface area (Å²) in [4.78, 5) is 25.2. The predicted octanol–water partition coefficient (Wildman–Crippen LogP) is 1.08. The molecule has 2 aliphatic heterocycles. The van der Waals surface area contributed by atoms with Crippen molar-refractivity contribution in [3.05, 3.63) is 24.3 Å². The van der Waals surface area contributed by atoms with Gasteiger partial charge in [0, 0.05) is 43.6 Å². The van der Waals surface area contributed by atoms with E-state index in [4.69, 9.17) is 4.74 Å². The Labute approximate surface area is 136 Å². The second-order valence-corrected chi connectivity index (χ2v) is 7.04. The van der Waals surface area contributed by atoms with Gasteiger partial charge in [-0.3, -0.25) is 9.69 Å². The van der Waals surface area contributed by atoms with Crippen molar-refractivity contribution < 1.29 is 9.53 Å². The Balaban J connectivity index is 1.49. The first kappa shape index (κ1) is 15.0. The highest BCUT2D eigenvalue weighted by Crippen LogP contribution is 2.37. The lowest BCUT2D eigenvalue weighted by molar-refractivity contribution is -0.136. The quantitative estimate of drug-likeness (QED) is 0.832. The third-order valence-corrected chi connectivity index (χ3v) is 5.32. The van der Waals surface area contributed by atoms with E-state index in [2.05, 4.69) is 26.8 Å². The zero-order valence-electron chi connectivity index (χ0n) is 13.6. The largest absolute Gasteiger partial charge is 0.374 e. The van der Waals surface area contributed by atoms with E-state index in [1.54, 1.807) is 6.33 Å². The number of aromatic nitrogens is 2. The molecule has 3 heterocycles. The van der Waals surface area contributed by atoms with E-state index in [0.29, 0.717) is 5.91 Å². The molecule has 6 nitrogen and oxygen atoms in total. The lowest BCUT2D eigenvalue weighted by Gasteiger charge is -2.34. The molecular weight excluding hydrogens is 292 g/mol. The fourth-order valence-electron chi connectivity index (χ4n) is 3.95. The van der Waals surface area contributed by atoms with E-state index in [1.807, 2.05) is 12.4 Å². The summed E-state index contributed by atoms with van der Waals surface area (Å²) in [6.07, 6.45) is 9.65. The number of nitrogens with zero attached hydrogens (tertiary/aromatic N) is 4. The molecule has 0 bridgehead atoms. The van der Waals surface area contributed by atoms with E-state index in [-0.39, 0.29) is 24.1 Å². The van der Waals surface area contributed by atoms with Crippen LogP contribution in [0.4, 0.5) is 0 Å². The molecular formula is C17H24N4O2.